The van der Waals surface area contributed by atoms with E-state index in [1.54, 1.807) is 4.68 Å². The zero-order valence-corrected chi connectivity index (χ0v) is 14.9. The van der Waals surface area contributed by atoms with E-state index in [9.17, 15) is 9.59 Å². The Bertz CT molecular complexity index is 897. The second-order valence-corrected chi connectivity index (χ2v) is 7.11. The highest BCUT2D eigenvalue weighted by Crippen LogP contribution is 2.39. The first-order chi connectivity index (χ1) is 12.0. The second kappa shape index (κ2) is 5.82. The van der Waals surface area contributed by atoms with Gasteiger partial charge in [-0.2, -0.15) is 5.10 Å². The number of carbonyl (C=O) groups excluding carboxylic acids is 1. The lowest BCUT2D eigenvalue weighted by Crippen LogP contribution is -2.29. The summed E-state index contributed by atoms with van der Waals surface area (Å²) in [5.41, 5.74) is 3.12. The van der Waals surface area contributed by atoms with Gasteiger partial charge < -0.3 is 9.88 Å². The van der Waals surface area contributed by atoms with E-state index < -0.39 is 0 Å². The van der Waals surface area contributed by atoms with Crippen LogP contribution in [0.5, 0.6) is 0 Å². The van der Waals surface area contributed by atoms with Crippen LogP contribution in [0.25, 0.3) is 0 Å². The number of hydrogen-bond acceptors (Lipinski definition) is 4. The number of carbonyl (C=O) groups is 1. The Labute approximate surface area is 146 Å². The quantitative estimate of drug-likeness (QED) is 0.895. The molecule has 1 aliphatic heterocycles. The molecule has 1 N–H and O–H groups in total. The largest absolute Gasteiger partial charge is 0.338 e. The normalized spacial score (nSPS) is 22.0. The zero-order valence-electron chi connectivity index (χ0n) is 14.9. The summed E-state index contributed by atoms with van der Waals surface area (Å²) >= 11 is 0. The lowest BCUT2D eigenvalue weighted by atomic mass is 9.80. The highest BCUT2D eigenvalue weighted by Gasteiger charge is 2.41. The third-order valence-electron chi connectivity index (χ3n) is 5.51. The van der Waals surface area contributed by atoms with Crippen molar-refractivity contribution in [2.75, 3.05) is 13.1 Å². The second-order valence-electron chi connectivity index (χ2n) is 7.11. The van der Waals surface area contributed by atoms with Gasteiger partial charge in [-0.3, -0.25) is 14.3 Å². The Morgan fingerprint density at radius 3 is 2.88 bits per heavy atom. The predicted molar refractivity (Wildman–Crippen MR) is 92.7 cm³/mol. The number of fused-ring (bicyclic) bond motifs is 3. The van der Waals surface area contributed by atoms with Crippen molar-refractivity contribution in [3.05, 3.63) is 44.9 Å². The van der Waals surface area contributed by atoms with E-state index in [4.69, 9.17) is 0 Å². The maximum Gasteiger partial charge on any atom is 0.257 e. The SMILES string of the molecule is CCn1cc(C(=O)N2C[C@H]3CCc4c(nc(C)[nH]c4=O)[C@H]3C2)c(C)n1. The fourth-order valence-corrected chi connectivity index (χ4v) is 4.21. The van der Waals surface area contributed by atoms with Crippen LogP contribution < -0.4 is 5.56 Å². The van der Waals surface area contributed by atoms with Gasteiger partial charge in [-0.15, -0.1) is 0 Å². The van der Waals surface area contributed by atoms with Crippen LogP contribution in [0.2, 0.25) is 0 Å². The minimum atomic E-state index is -0.0224. The molecule has 0 saturated carbocycles. The summed E-state index contributed by atoms with van der Waals surface area (Å²) in [6.07, 6.45) is 3.51. The molecule has 2 aromatic heterocycles. The average Bonchev–Trinajstić information content (AvgIpc) is 3.17. The van der Waals surface area contributed by atoms with E-state index in [1.165, 1.54) is 0 Å². The summed E-state index contributed by atoms with van der Waals surface area (Å²) in [6, 6.07) is 0. The molecule has 25 heavy (non-hydrogen) atoms. The number of H-pyrrole nitrogens is 1. The van der Waals surface area contributed by atoms with Gasteiger partial charge in [0.25, 0.3) is 11.5 Å². The van der Waals surface area contributed by atoms with E-state index in [2.05, 4.69) is 15.1 Å². The Hall–Kier alpha value is -2.44. The van der Waals surface area contributed by atoms with Crippen molar-refractivity contribution in [2.45, 2.75) is 46.1 Å². The first-order valence-corrected chi connectivity index (χ1v) is 8.91. The zero-order chi connectivity index (χ0) is 17.7. The van der Waals surface area contributed by atoms with Gasteiger partial charge in [0.1, 0.15) is 5.82 Å². The Balaban J connectivity index is 1.63. The van der Waals surface area contributed by atoms with Gasteiger partial charge in [0.15, 0.2) is 0 Å². The molecular formula is C18H23N5O2. The Morgan fingerprint density at radius 1 is 1.36 bits per heavy atom. The molecular weight excluding hydrogens is 318 g/mol. The maximum absolute atomic E-state index is 13.0. The van der Waals surface area contributed by atoms with Crippen molar-refractivity contribution in [1.29, 1.82) is 0 Å². The van der Waals surface area contributed by atoms with Gasteiger partial charge in [-0.05, 0) is 39.5 Å². The number of nitrogens with zero attached hydrogens (tertiary/aromatic N) is 4. The first kappa shape index (κ1) is 16.1. The molecule has 0 aromatic carbocycles. The molecule has 0 unspecified atom stereocenters. The smallest absolute Gasteiger partial charge is 0.257 e. The molecule has 2 aliphatic rings. The highest BCUT2D eigenvalue weighted by molar-refractivity contribution is 5.95. The van der Waals surface area contributed by atoms with Crippen molar-refractivity contribution in [1.82, 2.24) is 24.6 Å². The van der Waals surface area contributed by atoms with Crippen LogP contribution in [0.3, 0.4) is 0 Å². The van der Waals surface area contributed by atoms with Gasteiger partial charge >= 0.3 is 0 Å². The van der Waals surface area contributed by atoms with E-state index in [0.717, 1.165) is 42.9 Å². The highest BCUT2D eigenvalue weighted by atomic mass is 16.2. The lowest BCUT2D eigenvalue weighted by molar-refractivity contribution is 0.0785. The number of likely N-dealkylation sites (tertiary alicyclic amines) is 1. The number of nitrogens with one attached hydrogen (secondary N) is 1. The minimum absolute atomic E-state index is 0.0224. The molecule has 132 valence electrons. The van der Waals surface area contributed by atoms with Gasteiger partial charge in [0.2, 0.25) is 0 Å². The van der Waals surface area contributed by atoms with Crippen molar-refractivity contribution < 1.29 is 4.79 Å². The van der Waals surface area contributed by atoms with Gasteiger partial charge in [-0.1, -0.05) is 0 Å². The Morgan fingerprint density at radius 2 is 2.16 bits per heavy atom. The number of aromatic nitrogens is 4. The van der Waals surface area contributed by atoms with Crippen LogP contribution in [-0.4, -0.2) is 43.6 Å². The molecule has 7 heteroatoms. The van der Waals surface area contributed by atoms with Crippen molar-refractivity contribution in [3.63, 3.8) is 0 Å². The number of aromatic amines is 1. The summed E-state index contributed by atoms with van der Waals surface area (Å²) < 4.78 is 1.80. The van der Waals surface area contributed by atoms with E-state index >= 15 is 0 Å². The van der Waals surface area contributed by atoms with Crippen LogP contribution in [-0.2, 0) is 13.0 Å². The van der Waals surface area contributed by atoms with Gasteiger partial charge in [0, 0.05) is 37.3 Å². The molecule has 7 nitrogen and oxygen atoms in total. The molecule has 0 bridgehead atoms. The van der Waals surface area contributed by atoms with E-state index in [1.807, 2.05) is 31.9 Å². The van der Waals surface area contributed by atoms with Crippen molar-refractivity contribution in [3.8, 4) is 0 Å². The molecule has 0 spiro atoms. The van der Waals surface area contributed by atoms with Crippen molar-refractivity contribution in [2.24, 2.45) is 5.92 Å². The standard InChI is InChI=1S/C18H23N5O2/c1-4-23-9-14(10(2)21-23)18(25)22-7-12-5-6-13-16(15(12)8-22)19-11(3)20-17(13)24/h9,12,15H,4-8H2,1-3H3,(H,19,20,24)/t12-,15+/m1/s1. The number of amides is 1. The molecule has 4 rings (SSSR count). The molecule has 2 aromatic rings. The molecule has 2 atom stereocenters. The van der Waals surface area contributed by atoms with Crippen LogP contribution in [0.1, 0.15) is 52.4 Å². The molecule has 1 amide bonds. The predicted octanol–water partition coefficient (Wildman–Crippen LogP) is 1.41. The monoisotopic (exact) mass is 341 g/mol. The number of rotatable bonds is 2. The van der Waals surface area contributed by atoms with E-state index in [0.29, 0.717) is 23.9 Å². The van der Waals surface area contributed by atoms with E-state index in [-0.39, 0.29) is 17.4 Å². The molecule has 1 saturated heterocycles. The summed E-state index contributed by atoms with van der Waals surface area (Å²) in [4.78, 5) is 34.5. The number of hydrogen-bond donors (Lipinski definition) is 1. The minimum Gasteiger partial charge on any atom is -0.338 e. The topological polar surface area (TPSA) is 83.9 Å². The summed E-state index contributed by atoms with van der Waals surface area (Å²) in [6.45, 7) is 7.80. The van der Waals surface area contributed by atoms with Crippen LogP contribution in [0.15, 0.2) is 11.0 Å². The van der Waals surface area contributed by atoms with Crippen LogP contribution in [0.4, 0.5) is 0 Å². The Kier molecular flexibility index (Phi) is 3.74. The molecule has 1 fully saturated rings. The summed E-state index contributed by atoms with van der Waals surface area (Å²) in [5.74, 6) is 1.23. The third-order valence-corrected chi connectivity index (χ3v) is 5.51. The fraction of sp³-hybridized carbons (Fsp3) is 0.556. The fourth-order valence-electron chi connectivity index (χ4n) is 4.21. The molecule has 0 radical (unpaired) electrons. The van der Waals surface area contributed by atoms with Gasteiger partial charge in [0.05, 0.1) is 17.0 Å². The average molecular weight is 341 g/mol. The molecule has 3 heterocycles. The third kappa shape index (κ3) is 2.58. The number of aryl methyl sites for hydroxylation is 3. The maximum atomic E-state index is 13.0. The van der Waals surface area contributed by atoms with Crippen LogP contribution >= 0.6 is 0 Å². The molecule has 1 aliphatic carbocycles. The van der Waals surface area contributed by atoms with Gasteiger partial charge in [-0.25, -0.2) is 4.98 Å². The summed E-state index contributed by atoms with van der Waals surface area (Å²) in [7, 11) is 0. The lowest BCUT2D eigenvalue weighted by Gasteiger charge is -2.25. The first-order valence-electron chi connectivity index (χ1n) is 8.91. The summed E-state index contributed by atoms with van der Waals surface area (Å²) in [5, 5.41) is 4.38. The van der Waals surface area contributed by atoms with Crippen molar-refractivity contribution >= 4 is 5.91 Å². The van der Waals surface area contributed by atoms with Crippen LogP contribution in [0, 0.1) is 19.8 Å².